The first kappa shape index (κ1) is 16.6. The van der Waals surface area contributed by atoms with Gasteiger partial charge in [-0.05, 0) is 0 Å². The molecule has 30 valence electrons. The van der Waals surface area contributed by atoms with Gasteiger partial charge in [-0.2, -0.15) is 0 Å². The molecule has 0 radical (unpaired) electrons. The molecule has 5 heavy (non-hydrogen) atoms. The third-order valence-corrected chi connectivity index (χ3v) is 0. The van der Waals surface area contributed by atoms with E-state index >= 15 is 0 Å². The Hall–Kier alpha value is 1.03. The summed E-state index contributed by atoms with van der Waals surface area (Å²) in [6.07, 6.45) is 0. The van der Waals surface area contributed by atoms with Crippen molar-refractivity contribution in [3.8, 4) is 0 Å². The summed E-state index contributed by atoms with van der Waals surface area (Å²) in [6.45, 7) is 0. The van der Waals surface area contributed by atoms with Crippen molar-refractivity contribution in [3.05, 3.63) is 0 Å². The fourth-order valence-electron chi connectivity index (χ4n) is 0. The minimum atomic E-state index is -0.438. The van der Waals surface area contributed by atoms with Crippen molar-refractivity contribution in [2.45, 2.75) is 7.43 Å². The van der Waals surface area contributed by atoms with Gasteiger partial charge in [0.05, 0.1) is 0 Å². The van der Waals surface area contributed by atoms with Gasteiger partial charge >= 0.3 is 0 Å². The molecule has 0 N–H and O–H groups in total. The van der Waals surface area contributed by atoms with Crippen LogP contribution in [-0.2, 0) is 19.5 Å². The van der Waals surface area contributed by atoms with E-state index < -0.39 is 5.58 Å². The number of alkyl halides is 2. The standard InChI is InChI=1S/CH2BrF.CH4.Zn/c2-1-3;;/h1H2;1H4;. The van der Waals surface area contributed by atoms with Gasteiger partial charge in [-0.25, -0.2) is 4.39 Å². The van der Waals surface area contributed by atoms with E-state index in [2.05, 4.69) is 15.9 Å². The van der Waals surface area contributed by atoms with Crippen molar-refractivity contribution in [1.29, 1.82) is 0 Å². The topological polar surface area (TPSA) is 0 Å². The van der Waals surface area contributed by atoms with Crippen LogP contribution in [0.25, 0.3) is 0 Å². The van der Waals surface area contributed by atoms with E-state index in [-0.39, 0.29) is 26.9 Å². The zero-order valence-electron chi connectivity index (χ0n) is 2.17. The Morgan fingerprint density at radius 1 is 1.60 bits per heavy atom. The van der Waals surface area contributed by atoms with Gasteiger partial charge in [0.2, 0.25) is 0 Å². The molecule has 0 spiro atoms. The molecule has 0 atom stereocenters. The zero-order valence-corrected chi connectivity index (χ0v) is 6.72. The van der Waals surface area contributed by atoms with Crippen LogP contribution in [0.5, 0.6) is 0 Å². The predicted molar refractivity (Wildman–Crippen MR) is 21.6 cm³/mol. The molecule has 0 aromatic rings. The van der Waals surface area contributed by atoms with Crippen molar-refractivity contribution < 1.29 is 23.9 Å². The Balaban J connectivity index is -0.0000000200. The van der Waals surface area contributed by atoms with Crippen molar-refractivity contribution in [1.82, 2.24) is 0 Å². The average Bonchev–Trinajstić information content (AvgIpc) is 0.918. The van der Waals surface area contributed by atoms with Gasteiger partial charge in [-0.1, -0.05) is 23.4 Å². The van der Waals surface area contributed by atoms with E-state index in [4.69, 9.17) is 0 Å². The number of hydrogen-bond acceptors (Lipinski definition) is 0. The second kappa shape index (κ2) is 19.8. The van der Waals surface area contributed by atoms with Crippen LogP contribution in [0.2, 0.25) is 0 Å². The number of hydrogen-bond donors (Lipinski definition) is 0. The fraction of sp³-hybridized carbons (Fsp3) is 1.00. The maximum atomic E-state index is 10.2. The van der Waals surface area contributed by atoms with Crippen LogP contribution in [0.4, 0.5) is 4.39 Å². The van der Waals surface area contributed by atoms with Gasteiger partial charge in [-0.3, -0.25) is 0 Å². The molecule has 0 aliphatic rings. The van der Waals surface area contributed by atoms with E-state index in [9.17, 15) is 4.39 Å². The smallest absolute Gasteiger partial charge is 0.144 e. The summed E-state index contributed by atoms with van der Waals surface area (Å²) in [7, 11) is 0. The Kier molecular flexibility index (Phi) is 65.8. The molecule has 0 nitrogen and oxygen atoms in total. The molecule has 0 aromatic heterocycles. The molecule has 0 rings (SSSR count). The van der Waals surface area contributed by atoms with Gasteiger partial charge in [0, 0.05) is 19.5 Å². The summed E-state index contributed by atoms with van der Waals surface area (Å²) in [5, 5.41) is 0. The molecule has 0 saturated heterocycles. The molecule has 0 saturated carbocycles. The average molecular weight is 194 g/mol. The van der Waals surface area contributed by atoms with Crippen LogP contribution in [-0.4, -0.2) is 5.58 Å². The minimum Gasteiger partial charge on any atom is -0.239 e. The Bertz CT molecular complexity index is 9.61. The Morgan fingerprint density at radius 3 is 1.60 bits per heavy atom. The molecule has 0 aromatic carbocycles. The van der Waals surface area contributed by atoms with Gasteiger partial charge in [0.25, 0.3) is 0 Å². The van der Waals surface area contributed by atoms with Crippen molar-refractivity contribution in [2.24, 2.45) is 0 Å². The van der Waals surface area contributed by atoms with E-state index in [0.29, 0.717) is 0 Å². The van der Waals surface area contributed by atoms with Crippen LogP contribution in [0.3, 0.4) is 0 Å². The first-order valence-corrected chi connectivity index (χ1v) is 1.66. The Labute approximate surface area is 53.0 Å². The monoisotopic (exact) mass is 192 g/mol. The van der Waals surface area contributed by atoms with Gasteiger partial charge < -0.3 is 0 Å². The quantitative estimate of drug-likeness (QED) is 0.408. The summed E-state index contributed by atoms with van der Waals surface area (Å²) >= 11 is 2.48. The van der Waals surface area contributed by atoms with E-state index in [0.717, 1.165) is 0 Å². The third-order valence-electron chi connectivity index (χ3n) is 0. The first-order valence-electron chi connectivity index (χ1n) is 0.535. The van der Waals surface area contributed by atoms with Crippen LogP contribution in [0.15, 0.2) is 0 Å². The zero-order chi connectivity index (χ0) is 2.71. The first-order chi connectivity index (χ1) is 1.41. The molecule has 0 unspecified atom stereocenters. The second-order valence-corrected chi connectivity index (χ2v) is 0.525. The van der Waals surface area contributed by atoms with Crippen molar-refractivity contribution in [3.63, 3.8) is 0 Å². The van der Waals surface area contributed by atoms with Crippen LogP contribution >= 0.6 is 15.9 Å². The molecule has 0 bridgehead atoms. The summed E-state index contributed by atoms with van der Waals surface area (Å²) in [4.78, 5) is 0. The SMILES string of the molecule is C.FCBr.[Zn]. The van der Waals surface area contributed by atoms with Crippen LogP contribution in [0.1, 0.15) is 7.43 Å². The number of rotatable bonds is 0. The summed E-state index contributed by atoms with van der Waals surface area (Å²) in [5.74, 6) is 0. The molecule has 0 fully saturated rings. The largest absolute Gasteiger partial charge is 0.239 e. The Morgan fingerprint density at radius 2 is 1.60 bits per heavy atom. The summed E-state index contributed by atoms with van der Waals surface area (Å²) in [6, 6.07) is 0. The molecule has 0 aliphatic heterocycles. The number of halogens is 2. The van der Waals surface area contributed by atoms with Crippen LogP contribution < -0.4 is 0 Å². The fourth-order valence-corrected chi connectivity index (χ4v) is 0. The van der Waals surface area contributed by atoms with E-state index in [1.807, 2.05) is 0 Å². The molecular formula is C2H6BrFZn. The van der Waals surface area contributed by atoms with Crippen molar-refractivity contribution >= 4 is 15.9 Å². The predicted octanol–water partition coefficient (Wildman–Crippen LogP) is 1.94. The molecule has 0 aliphatic carbocycles. The summed E-state index contributed by atoms with van der Waals surface area (Å²) < 4.78 is 10.2. The maximum absolute atomic E-state index is 10.2. The van der Waals surface area contributed by atoms with Gasteiger partial charge in [0.1, 0.15) is 5.58 Å². The normalized spacial score (nSPS) is 3.60. The minimum absolute atomic E-state index is 0. The molecular weight excluding hydrogens is 188 g/mol. The molecule has 3 heteroatoms. The maximum Gasteiger partial charge on any atom is 0.144 e. The summed E-state index contributed by atoms with van der Waals surface area (Å²) in [5.41, 5.74) is -0.438. The van der Waals surface area contributed by atoms with E-state index in [1.54, 1.807) is 0 Å². The van der Waals surface area contributed by atoms with Gasteiger partial charge in [0.15, 0.2) is 0 Å². The molecule has 0 heterocycles. The second-order valence-electron chi connectivity index (χ2n) is 0.101. The molecule has 0 amide bonds. The van der Waals surface area contributed by atoms with Crippen LogP contribution in [0, 0.1) is 0 Å². The third kappa shape index (κ3) is 43.4. The van der Waals surface area contributed by atoms with Gasteiger partial charge in [-0.15, -0.1) is 0 Å². The van der Waals surface area contributed by atoms with E-state index in [1.165, 1.54) is 0 Å². The van der Waals surface area contributed by atoms with Crippen molar-refractivity contribution in [2.75, 3.05) is 5.58 Å².